The van der Waals surface area contributed by atoms with Crippen LogP contribution in [0.2, 0.25) is 0 Å². The fourth-order valence-corrected chi connectivity index (χ4v) is 2.29. The Morgan fingerprint density at radius 1 is 1.38 bits per heavy atom. The number of hydrogen-bond acceptors (Lipinski definition) is 3. The second-order valence-corrected chi connectivity index (χ2v) is 5.30. The van der Waals surface area contributed by atoms with Gasteiger partial charge in [-0.05, 0) is 31.0 Å². The van der Waals surface area contributed by atoms with E-state index >= 15 is 0 Å². The summed E-state index contributed by atoms with van der Waals surface area (Å²) < 4.78 is 5.39. The third kappa shape index (κ3) is 3.97. The van der Waals surface area contributed by atoms with Gasteiger partial charge in [0.15, 0.2) is 6.61 Å². The molecular weight excluding hydrogens is 268 g/mol. The molecule has 1 aliphatic rings. The quantitative estimate of drug-likeness (QED) is 0.816. The van der Waals surface area contributed by atoms with Crippen molar-refractivity contribution < 1.29 is 14.3 Å². The van der Waals surface area contributed by atoms with E-state index in [2.05, 4.69) is 12.2 Å². The number of nitrogens with one attached hydrogen (secondary N) is 1. The Balaban J connectivity index is 2.01. The van der Waals surface area contributed by atoms with Crippen molar-refractivity contribution in [2.45, 2.75) is 33.1 Å². The monoisotopic (exact) mass is 290 g/mol. The number of anilines is 1. The molecule has 5 heteroatoms. The summed E-state index contributed by atoms with van der Waals surface area (Å²) in [5, 5.41) is 2.86. The Labute approximate surface area is 125 Å². The predicted octanol–water partition coefficient (Wildman–Crippen LogP) is 2.03. The average molecular weight is 290 g/mol. The summed E-state index contributed by atoms with van der Waals surface area (Å²) in [7, 11) is 0. The predicted molar refractivity (Wildman–Crippen MR) is 81.6 cm³/mol. The van der Waals surface area contributed by atoms with E-state index in [9.17, 15) is 9.59 Å². The molecule has 0 fully saturated rings. The van der Waals surface area contributed by atoms with Crippen LogP contribution in [-0.4, -0.2) is 31.5 Å². The molecule has 1 aromatic carbocycles. The zero-order valence-corrected chi connectivity index (χ0v) is 12.6. The molecule has 0 aliphatic carbocycles. The minimum atomic E-state index is -0.184. The average Bonchev–Trinajstić information content (AvgIpc) is 2.47. The lowest BCUT2D eigenvalue weighted by Crippen LogP contribution is -2.45. The van der Waals surface area contributed by atoms with Crippen molar-refractivity contribution in [1.29, 1.82) is 0 Å². The first kappa shape index (κ1) is 15.4. The molecule has 0 spiro atoms. The van der Waals surface area contributed by atoms with E-state index in [1.165, 1.54) is 4.90 Å². The van der Waals surface area contributed by atoms with Crippen molar-refractivity contribution in [2.75, 3.05) is 24.6 Å². The molecule has 2 rings (SSSR count). The zero-order valence-electron chi connectivity index (χ0n) is 12.6. The third-order valence-electron chi connectivity index (χ3n) is 3.46. The first-order valence-electron chi connectivity index (χ1n) is 7.42. The van der Waals surface area contributed by atoms with Crippen LogP contribution in [0.5, 0.6) is 5.75 Å². The van der Waals surface area contributed by atoms with Gasteiger partial charge in [-0.25, -0.2) is 0 Å². The molecule has 2 amide bonds. The molecule has 0 aromatic heterocycles. The van der Waals surface area contributed by atoms with Crippen molar-refractivity contribution >= 4 is 17.5 Å². The van der Waals surface area contributed by atoms with Gasteiger partial charge in [-0.3, -0.25) is 14.5 Å². The maximum Gasteiger partial charge on any atom is 0.265 e. The van der Waals surface area contributed by atoms with Gasteiger partial charge in [0.25, 0.3) is 5.91 Å². The number of carbonyl (C=O) groups is 2. The number of fused-ring (bicyclic) bond motifs is 1. The van der Waals surface area contributed by atoms with E-state index in [-0.39, 0.29) is 25.0 Å². The number of aryl methyl sites for hydroxylation is 1. The number of ether oxygens (including phenoxy) is 1. The van der Waals surface area contributed by atoms with Crippen LogP contribution >= 0.6 is 0 Å². The van der Waals surface area contributed by atoms with E-state index in [1.807, 2.05) is 25.1 Å². The van der Waals surface area contributed by atoms with Crippen molar-refractivity contribution in [3.8, 4) is 5.75 Å². The highest BCUT2D eigenvalue weighted by Crippen LogP contribution is 2.32. The largest absolute Gasteiger partial charge is 0.482 e. The van der Waals surface area contributed by atoms with Crippen LogP contribution < -0.4 is 15.0 Å². The SMILES string of the molecule is CCCCCNC(=O)CN1C(=O)COc2ccc(C)cc21. The van der Waals surface area contributed by atoms with Gasteiger partial charge < -0.3 is 10.1 Å². The highest BCUT2D eigenvalue weighted by Gasteiger charge is 2.27. The molecule has 0 unspecified atom stereocenters. The smallest absolute Gasteiger partial charge is 0.265 e. The number of carbonyl (C=O) groups excluding carboxylic acids is 2. The molecule has 0 atom stereocenters. The minimum absolute atomic E-state index is 0.0147. The molecular formula is C16H22N2O3. The molecule has 114 valence electrons. The van der Waals surface area contributed by atoms with Crippen molar-refractivity contribution in [3.05, 3.63) is 23.8 Å². The van der Waals surface area contributed by atoms with Crippen molar-refractivity contribution in [2.24, 2.45) is 0 Å². The highest BCUT2D eigenvalue weighted by molar-refractivity contribution is 6.02. The summed E-state index contributed by atoms with van der Waals surface area (Å²) in [5.74, 6) is 0.338. The van der Waals surface area contributed by atoms with E-state index in [0.717, 1.165) is 24.8 Å². The summed E-state index contributed by atoms with van der Waals surface area (Å²) in [6, 6.07) is 5.64. The van der Waals surface area contributed by atoms with Crippen LogP contribution in [0.15, 0.2) is 18.2 Å². The molecule has 1 aromatic rings. The Hall–Kier alpha value is -2.04. The Morgan fingerprint density at radius 3 is 2.95 bits per heavy atom. The van der Waals surface area contributed by atoms with E-state index in [0.29, 0.717) is 18.0 Å². The highest BCUT2D eigenvalue weighted by atomic mass is 16.5. The number of hydrogen-bond donors (Lipinski definition) is 1. The molecule has 1 N–H and O–H groups in total. The molecule has 0 saturated carbocycles. The van der Waals surface area contributed by atoms with Crippen LogP contribution in [0.25, 0.3) is 0 Å². The van der Waals surface area contributed by atoms with E-state index in [4.69, 9.17) is 4.74 Å². The van der Waals surface area contributed by atoms with Gasteiger partial charge in [-0.2, -0.15) is 0 Å². The first-order valence-corrected chi connectivity index (χ1v) is 7.42. The summed E-state index contributed by atoms with van der Waals surface area (Å²) in [6.45, 7) is 4.76. The minimum Gasteiger partial charge on any atom is -0.482 e. The second-order valence-electron chi connectivity index (χ2n) is 5.30. The van der Waals surface area contributed by atoms with Crippen LogP contribution in [0.3, 0.4) is 0 Å². The summed E-state index contributed by atoms with van der Waals surface area (Å²) >= 11 is 0. The van der Waals surface area contributed by atoms with Gasteiger partial charge in [-0.1, -0.05) is 25.8 Å². The summed E-state index contributed by atoms with van der Waals surface area (Å²) in [4.78, 5) is 25.5. The third-order valence-corrected chi connectivity index (χ3v) is 3.46. The van der Waals surface area contributed by atoms with Crippen molar-refractivity contribution in [3.63, 3.8) is 0 Å². The molecule has 0 bridgehead atoms. The normalized spacial score (nSPS) is 13.6. The second kappa shape index (κ2) is 7.11. The van der Waals surface area contributed by atoms with Gasteiger partial charge in [0.1, 0.15) is 12.3 Å². The van der Waals surface area contributed by atoms with Gasteiger partial charge >= 0.3 is 0 Å². The maximum atomic E-state index is 12.0. The van der Waals surface area contributed by atoms with Crippen LogP contribution in [0, 0.1) is 6.92 Å². The molecule has 0 saturated heterocycles. The first-order chi connectivity index (χ1) is 10.1. The fraction of sp³-hybridized carbons (Fsp3) is 0.500. The molecule has 5 nitrogen and oxygen atoms in total. The van der Waals surface area contributed by atoms with Crippen LogP contribution in [-0.2, 0) is 9.59 Å². The maximum absolute atomic E-state index is 12.0. The number of amides is 2. The van der Waals surface area contributed by atoms with E-state index < -0.39 is 0 Å². The Bertz CT molecular complexity index is 528. The lowest BCUT2D eigenvalue weighted by molar-refractivity contribution is -0.125. The number of nitrogens with zero attached hydrogens (tertiary/aromatic N) is 1. The van der Waals surface area contributed by atoms with E-state index in [1.54, 1.807) is 0 Å². The standard InChI is InChI=1S/C16H22N2O3/c1-3-4-5-8-17-15(19)10-18-13-9-12(2)6-7-14(13)21-11-16(18)20/h6-7,9H,3-5,8,10-11H2,1-2H3,(H,17,19). The lowest BCUT2D eigenvalue weighted by Gasteiger charge is -2.29. The lowest BCUT2D eigenvalue weighted by atomic mass is 10.1. The van der Waals surface area contributed by atoms with Crippen molar-refractivity contribution in [1.82, 2.24) is 5.32 Å². The topological polar surface area (TPSA) is 58.6 Å². The Kier molecular flexibility index (Phi) is 5.20. The molecule has 1 heterocycles. The van der Waals surface area contributed by atoms with Crippen LogP contribution in [0.4, 0.5) is 5.69 Å². The van der Waals surface area contributed by atoms with Gasteiger partial charge in [0.05, 0.1) is 5.69 Å². The number of benzene rings is 1. The summed E-state index contributed by atoms with van der Waals surface area (Å²) in [5.41, 5.74) is 1.70. The summed E-state index contributed by atoms with van der Waals surface area (Å²) in [6.07, 6.45) is 3.18. The van der Waals surface area contributed by atoms with Gasteiger partial charge in [-0.15, -0.1) is 0 Å². The fourth-order valence-electron chi connectivity index (χ4n) is 2.29. The van der Waals surface area contributed by atoms with Gasteiger partial charge in [0.2, 0.25) is 5.91 Å². The van der Waals surface area contributed by atoms with Crippen LogP contribution in [0.1, 0.15) is 31.7 Å². The molecule has 0 radical (unpaired) electrons. The Morgan fingerprint density at radius 2 is 2.19 bits per heavy atom. The zero-order chi connectivity index (χ0) is 15.2. The van der Waals surface area contributed by atoms with Gasteiger partial charge in [0, 0.05) is 6.54 Å². The number of unbranched alkanes of at least 4 members (excludes halogenated alkanes) is 2. The molecule has 1 aliphatic heterocycles. The number of rotatable bonds is 6. The molecule has 21 heavy (non-hydrogen) atoms.